The van der Waals surface area contributed by atoms with Crippen molar-refractivity contribution in [3.05, 3.63) is 28.2 Å². The first-order valence-corrected chi connectivity index (χ1v) is 7.13. The molecule has 0 aliphatic carbocycles. The maximum absolute atomic E-state index is 8.81. The van der Waals surface area contributed by atoms with Crippen LogP contribution in [0.1, 0.15) is 18.4 Å². The van der Waals surface area contributed by atoms with E-state index in [1.807, 2.05) is 18.2 Å². The van der Waals surface area contributed by atoms with Crippen molar-refractivity contribution in [2.75, 3.05) is 26.2 Å². The number of benzene rings is 1. The molecule has 1 aromatic rings. The SMILES string of the molecule is N/C(=N/O)c1c(Br)cccc1OCCN1CCCC1. The number of oxime groups is 1. The Morgan fingerprint density at radius 1 is 1.42 bits per heavy atom. The third kappa shape index (κ3) is 3.61. The van der Waals surface area contributed by atoms with Gasteiger partial charge in [-0.1, -0.05) is 11.2 Å². The highest BCUT2D eigenvalue weighted by Crippen LogP contribution is 2.26. The Hall–Kier alpha value is -1.27. The Morgan fingerprint density at radius 2 is 2.16 bits per heavy atom. The normalized spacial score (nSPS) is 16.8. The second-order valence-corrected chi connectivity index (χ2v) is 5.35. The number of hydrogen-bond acceptors (Lipinski definition) is 4. The molecule has 0 aromatic heterocycles. The largest absolute Gasteiger partial charge is 0.491 e. The van der Waals surface area contributed by atoms with Gasteiger partial charge in [0.05, 0.1) is 5.56 Å². The molecule has 1 aliphatic heterocycles. The molecule has 1 heterocycles. The van der Waals surface area contributed by atoms with Gasteiger partial charge in [-0.2, -0.15) is 0 Å². The number of hydrogen-bond donors (Lipinski definition) is 2. The Labute approximate surface area is 121 Å². The summed E-state index contributed by atoms with van der Waals surface area (Å²) in [5.74, 6) is 0.674. The van der Waals surface area contributed by atoms with Crippen molar-refractivity contribution in [2.24, 2.45) is 10.9 Å². The van der Waals surface area contributed by atoms with Gasteiger partial charge in [0.1, 0.15) is 12.4 Å². The number of amidine groups is 1. The predicted octanol–water partition coefficient (Wildman–Crippen LogP) is 2.02. The molecule has 104 valence electrons. The number of halogens is 1. The number of nitrogens with two attached hydrogens (primary N) is 1. The number of ether oxygens (including phenoxy) is 1. The lowest BCUT2D eigenvalue weighted by Gasteiger charge is -2.16. The van der Waals surface area contributed by atoms with E-state index in [2.05, 4.69) is 26.0 Å². The van der Waals surface area contributed by atoms with Crippen molar-refractivity contribution in [1.29, 1.82) is 0 Å². The Kier molecular flexibility index (Phi) is 5.04. The lowest BCUT2D eigenvalue weighted by molar-refractivity contribution is 0.237. The van der Waals surface area contributed by atoms with Gasteiger partial charge in [-0.05, 0) is 54.0 Å². The van der Waals surface area contributed by atoms with Gasteiger partial charge in [0.15, 0.2) is 5.84 Å². The summed E-state index contributed by atoms with van der Waals surface area (Å²) in [4.78, 5) is 2.38. The van der Waals surface area contributed by atoms with Gasteiger partial charge in [-0.15, -0.1) is 0 Å². The minimum Gasteiger partial charge on any atom is -0.491 e. The second-order valence-electron chi connectivity index (χ2n) is 4.50. The van der Waals surface area contributed by atoms with Crippen molar-refractivity contribution in [2.45, 2.75) is 12.8 Å². The molecule has 0 atom stereocenters. The molecular formula is C13H18BrN3O2. The molecule has 0 unspecified atom stereocenters. The Morgan fingerprint density at radius 3 is 2.84 bits per heavy atom. The van der Waals surface area contributed by atoms with Crippen molar-refractivity contribution in [3.8, 4) is 5.75 Å². The summed E-state index contributed by atoms with van der Waals surface area (Å²) >= 11 is 3.38. The molecule has 2 rings (SSSR count). The van der Waals surface area contributed by atoms with Gasteiger partial charge in [0.2, 0.25) is 0 Å². The number of rotatable bonds is 5. The van der Waals surface area contributed by atoms with Gasteiger partial charge in [-0.3, -0.25) is 4.90 Å². The van der Waals surface area contributed by atoms with Crippen LogP contribution in [0.2, 0.25) is 0 Å². The lowest BCUT2D eigenvalue weighted by Crippen LogP contribution is -2.25. The average molecular weight is 328 g/mol. The van der Waals surface area contributed by atoms with E-state index in [1.54, 1.807) is 0 Å². The summed E-state index contributed by atoms with van der Waals surface area (Å²) in [5.41, 5.74) is 6.26. The molecule has 1 aliphatic rings. The standard InChI is InChI=1S/C13H18BrN3O2/c14-10-4-3-5-11(12(10)13(15)16-18)19-9-8-17-6-1-2-7-17/h3-5,18H,1-2,6-9H2,(H2,15,16). The first-order chi connectivity index (χ1) is 9.22. The van der Waals surface area contributed by atoms with Crippen LogP contribution in [0.4, 0.5) is 0 Å². The van der Waals surface area contributed by atoms with E-state index < -0.39 is 0 Å². The van der Waals surface area contributed by atoms with E-state index in [-0.39, 0.29) is 5.84 Å². The summed E-state index contributed by atoms with van der Waals surface area (Å²) in [7, 11) is 0. The maximum Gasteiger partial charge on any atom is 0.174 e. The summed E-state index contributed by atoms with van der Waals surface area (Å²) in [5, 5.41) is 11.9. The zero-order valence-corrected chi connectivity index (χ0v) is 12.3. The Balaban J connectivity index is 2.01. The van der Waals surface area contributed by atoms with Gasteiger partial charge in [0, 0.05) is 11.0 Å². The number of nitrogens with zero attached hydrogens (tertiary/aromatic N) is 2. The van der Waals surface area contributed by atoms with Crippen LogP contribution in [0.15, 0.2) is 27.8 Å². The fraction of sp³-hybridized carbons (Fsp3) is 0.462. The van der Waals surface area contributed by atoms with Crippen LogP contribution >= 0.6 is 15.9 Å². The molecular weight excluding hydrogens is 310 g/mol. The van der Waals surface area contributed by atoms with Crippen LogP contribution in [0, 0.1) is 0 Å². The van der Waals surface area contributed by atoms with Gasteiger partial charge >= 0.3 is 0 Å². The highest BCUT2D eigenvalue weighted by Gasteiger charge is 2.14. The van der Waals surface area contributed by atoms with E-state index >= 15 is 0 Å². The van der Waals surface area contributed by atoms with Crippen LogP contribution in [0.5, 0.6) is 5.75 Å². The zero-order chi connectivity index (χ0) is 13.7. The second kappa shape index (κ2) is 6.77. The quantitative estimate of drug-likeness (QED) is 0.375. The van der Waals surface area contributed by atoms with E-state index in [9.17, 15) is 0 Å². The van der Waals surface area contributed by atoms with Crippen LogP contribution < -0.4 is 10.5 Å². The van der Waals surface area contributed by atoms with Crippen molar-refractivity contribution >= 4 is 21.8 Å². The van der Waals surface area contributed by atoms with E-state index in [1.165, 1.54) is 12.8 Å². The molecule has 0 bridgehead atoms. The summed E-state index contributed by atoms with van der Waals surface area (Å²) in [6, 6.07) is 5.52. The van der Waals surface area contributed by atoms with Crippen molar-refractivity contribution in [1.82, 2.24) is 4.90 Å². The molecule has 0 amide bonds. The Bertz CT molecular complexity index is 459. The van der Waals surface area contributed by atoms with Crippen molar-refractivity contribution < 1.29 is 9.94 Å². The molecule has 3 N–H and O–H groups in total. The molecule has 0 saturated carbocycles. The van der Waals surface area contributed by atoms with Crippen molar-refractivity contribution in [3.63, 3.8) is 0 Å². The van der Waals surface area contributed by atoms with Crippen LogP contribution in [0.25, 0.3) is 0 Å². The minimum absolute atomic E-state index is 0.0450. The fourth-order valence-electron chi connectivity index (χ4n) is 2.21. The first kappa shape index (κ1) is 14.1. The number of likely N-dealkylation sites (tertiary alicyclic amines) is 1. The van der Waals surface area contributed by atoms with E-state index in [0.29, 0.717) is 17.9 Å². The van der Waals surface area contributed by atoms with Crippen LogP contribution in [-0.2, 0) is 0 Å². The predicted molar refractivity (Wildman–Crippen MR) is 77.8 cm³/mol. The first-order valence-electron chi connectivity index (χ1n) is 6.34. The van der Waals surface area contributed by atoms with Gasteiger partial charge in [-0.25, -0.2) is 0 Å². The molecule has 0 spiro atoms. The molecule has 1 saturated heterocycles. The average Bonchev–Trinajstić information content (AvgIpc) is 2.91. The molecule has 1 aromatic carbocycles. The molecule has 19 heavy (non-hydrogen) atoms. The van der Waals surface area contributed by atoms with Gasteiger partial charge in [0.25, 0.3) is 0 Å². The highest BCUT2D eigenvalue weighted by molar-refractivity contribution is 9.10. The monoisotopic (exact) mass is 327 g/mol. The summed E-state index contributed by atoms with van der Waals surface area (Å²) < 4.78 is 6.51. The third-order valence-electron chi connectivity index (χ3n) is 3.20. The van der Waals surface area contributed by atoms with Crippen LogP contribution in [0.3, 0.4) is 0 Å². The topological polar surface area (TPSA) is 71.1 Å². The third-order valence-corrected chi connectivity index (χ3v) is 3.86. The summed E-state index contributed by atoms with van der Waals surface area (Å²) in [6.45, 7) is 3.80. The minimum atomic E-state index is 0.0450. The fourth-order valence-corrected chi connectivity index (χ4v) is 2.77. The maximum atomic E-state index is 8.81. The van der Waals surface area contributed by atoms with E-state index in [4.69, 9.17) is 15.7 Å². The smallest absolute Gasteiger partial charge is 0.174 e. The molecule has 1 fully saturated rings. The van der Waals surface area contributed by atoms with Crippen LogP contribution in [-0.4, -0.2) is 42.2 Å². The highest BCUT2D eigenvalue weighted by atomic mass is 79.9. The zero-order valence-electron chi connectivity index (χ0n) is 10.7. The molecule has 6 heteroatoms. The summed E-state index contributed by atoms with van der Waals surface area (Å²) in [6.07, 6.45) is 2.54. The van der Waals surface area contributed by atoms with Gasteiger partial charge < -0.3 is 15.7 Å². The molecule has 0 radical (unpaired) electrons. The lowest BCUT2D eigenvalue weighted by atomic mass is 10.2. The molecule has 5 nitrogen and oxygen atoms in total. The van der Waals surface area contributed by atoms with E-state index in [0.717, 1.165) is 24.1 Å².